The number of amides is 1. The summed E-state index contributed by atoms with van der Waals surface area (Å²) in [5, 5.41) is 10.1. The van der Waals surface area contributed by atoms with Crippen molar-refractivity contribution in [1.29, 1.82) is 5.26 Å². The first-order valence-electron chi connectivity index (χ1n) is 8.55. The zero-order chi connectivity index (χ0) is 18.4. The fourth-order valence-electron chi connectivity index (χ4n) is 2.89. The van der Waals surface area contributed by atoms with E-state index < -0.39 is 0 Å². The minimum absolute atomic E-state index is 0.126. The quantitative estimate of drug-likeness (QED) is 0.580. The van der Waals surface area contributed by atoms with Gasteiger partial charge >= 0.3 is 0 Å². The van der Waals surface area contributed by atoms with Crippen molar-refractivity contribution in [3.63, 3.8) is 0 Å². The number of halogens is 1. The monoisotopic (exact) mass is 366 g/mol. The number of nitrogens with zero attached hydrogens (tertiary/aromatic N) is 2. The lowest BCUT2D eigenvalue weighted by atomic mass is 10.1. The number of nitriles is 1. The van der Waals surface area contributed by atoms with Crippen LogP contribution in [0.1, 0.15) is 24.0 Å². The average Bonchev–Trinajstić information content (AvgIpc) is 3.20. The first-order valence-corrected chi connectivity index (χ1v) is 8.93. The third kappa shape index (κ3) is 4.25. The summed E-state index contributed by atoms with van der Waals surface area (Å²) >= 11 is 6.17. The number of para-hydroxylation sites is 1. The molecule has 0 bridgehead atoms. The summed E-state index contributed by atoms with van der Waals surface area (Å²) in [4.78, 5) is 14.2. The van der Waals surface area contributed by atoms with E-state index in [9.17, 15) is 10.1 Å². The van der Waals surface area contributed by atoms with Crippen LogP contribution in [0.25, 0.3) is 6.08 Å². The van der Waals surface area contributed by atoms with Gasteiger partial charge in [-0.3, -0.25) is 4.79 Å². The Morgan fingerprint density at radius 1 is 1.15 bits per heavy atom. The first-order chi connectivity index (χ1) is 12.7. The molecule has 0 atom stereocenters. The number of carbonyl (C=O) groups excluding carboxylic acids is 1. The van der Waals surface area contributed by atoms with Crippen molar-refractivity contribution in [2.75, 3.05) is 13.1 Å². The fourth-order valence-corrected chi connectivity index (χ4v) is 3.08. The van der Waals surface area contributed by atoms with Crippen LogP contribution in [-0.4, -0.2) is 23.9 Å². The Hall–Kier alpha value is -2.77. The minimum atomic E-state index is -0.217. The van der Waals surface area contributed by atoms with Crippen LogP contribution in [0.2, 0.25) is 5.02 Å². The van der Waals surface area contributed by atoms with Crippen molar-refractivity contribution in [1.82, 2.24) is 4.90 Å². The predicted molar refractivity (Wildman–Crippen MR) is 102 cm³/mol. The highest BCUT2D eigenvalue weighted by Crippen LogP contribution is 2.24. The Morgan fingerprint density at radius 2 is 1.85 bits per heavy atom. The Bertz CT molecular complexity index is 864. The molecule has 1 fully saturated rings. The van der Waals surface area contributed by atoms with Crippen molar-refractivity contribution in [2.45, 2.75) is 19.4 Å². The highest BCUT2D eigenvalue weighted by atomic mass is 35.5. The molecule has 1 amide bonds. The molecule has 0 N–H and O–H groups in total. The first kappa shape index (κ1) is 18.0. The maximum absolute atomic E-state index is 12.5. The summed E-state index contributed by atoms with van der Waals surface area (Å²) in [7, 11) is 0. The molecule has 4 nitrogen and oxygen atoms in total. The molecule has 5 heteroatoms. The van der Waals surface area contributed by atoms with E-state index in [0.717, 1.165) is 18.4 Å². The lowest BCUT2D eigenvalue weighted by Crippen LogP contribution is -2.28. The van der Waals surface area contributed by atoms with Crippen LogP contribution >= 0.6 is 11.6 Å². The molecule has 0 aliphatic carbocycles. The Labute approximate surface area is 158 Å². The van der Waals surface area contributed by atoms with Crippen molar-refractivity contribution in [3.8, 4) is 11.8 Å². The van der Waals surface area contributed by atoms with Gasteiger partial charge in [0, 0.05) is 29.2 Å². The Balaban J connectivity index is 1.80. The normalized spacial score (nSPS) is 14.2. The SMILES string of the molecule is N#C/C(=C\c1ccccc1OCc1ccccc1Cl)C(=O)N1CCCC1. The van der Waals surface area contributed by atoms with E-state index in [1.54, 1.807) is 11.0 Å². The van der Waals surface area contributed by atoms with Gasteiger partial charge < -0.3 is 9.64 Å². The van der Waals surface area contributed by atoms with Gasteiger partial charge in [0.1, 0.15) is 24.0 Å². The largest absolute Gasteiger partial charge is 0.488 e. The van der Waals surface area contributed by atoms with Crippen LogP contribution in [0.4, 0.5) is 0 Å². The summed E-state index contributed by atoms with van der Waals surface area (Å²) in [5.41, 5.74) is 1.70. The molecular weight excluding hydrogens is 348 g/mol. The maximum atomic E-state index is 12.5. The zero-order valence-corrected chi connectivity index (χ0v) is 15.1. The fraction of sp³-hybridized carbons (Fsp3) is 0.238. The van der Waals surface area contributed by atoms with Gasteiger partial charge in [0.2, 0.25) is 0 Å². The molecule has 0 unspecified atom stereocenters. The van der Waals surface area contributed by atoms with Crippen LogP contribution in [0.15, 0.2) is 54.1 Å². The zero-order valence-electron chi connectivity index (χ0n) is 14.3. The van der Waals surface area contributed by atoms with Gasteiger partial charge in [0.25, 0.3) is 5.91 Å². The van der Waals surface area contributed by atoms with Gasteiger partial charge in [0.05, 0.1) is 0 Å². The number of likely N-dealkylation sites (tertiary alicyclic amines) is 1. The number of carbonyl (C=O) groups is 1. The molecule has 2 aromatic carbocycles. The lowest BCUT2D eigenvalue weighted by molar-refractivity contribution is -0.125. The van der Waals surface area contributed by atoms with E-state index in [1.165, 1.54) is 0 Å². The molecule has 0 saturated carbocycles. The van der Waals surface area contributed by atoms with Gasteiger partial charge in [-0.15, -0.1) is 0 Å². The molecule has 0 spiro atoms. The summed E-state index contributed by atoms with van der Waals surface area (Å²) in [6, 6.07) is 16.9. The number of hydrogen-bond donors (Lipinski definition) is 0. The topological polar surface area (TPSA) is 53.3 Å². The van der Waals surface area contributed by atoms with E-state index in [0.29, 0.717) is 36.0 Å². The molecule has 0 radical (unpaired) electrons. The van der Waals surface area contributed by atoms with Crippen LogP contribution in [-0.2, 0) is 11.4 Å². The Morgan fingerprint density at radius 3 is 2.58 bits per heavy atom. The summed E-state index contributed by atoms with van der Waals surface area (Å²) < 4.78 is 5.89. The number of hydrogen-bond acceptors (Lipinski definition) is 3. The van der Waals surface area contributed by atoms with Crippen LogP contribution < -0.4 is 4.74 Å². The van der Waals surface area contributed by atoms with Crippen molar-refractivity contribution in [2.24, 2.45) is 0 Å². The van der Waals surface area contributed by atoms with Gasteiger partial charge in [-0.2, -0.15) is 5.26 Å². The molecule has 1 aliphatic heterocycles. The van der Waals surface area contributed by atoms with Crippen LogP contribution in [0.5, 0.6) is 5.75 Å². The minimum Gasteiger partial charge on any atom is -0.488 e. The summed E-state index contributed by atoms with van der Waals surface area (Å²) in [6.45, 7) is 1.73. The Kier molecular flexibility index (Phi) is 5.93. The molecule has 1 heterocycles. The van der Waals surface area contributed by atoms with E-state index in [1.807, 2.05) is 54.6 Å². The van der Waals surface area contributed by atoms with E-state index >= 15 is 0 Å². The molecule has 26 heavy (non-hydrogen) atoms. The molecule has 0 aromatic heterocycles. The smallest absolute Gasteiger partial charge is 0.264 e. The number of ether oxygens (including phenoxy) is 1. The van der Waals surface area contributed by atoms with E-state index in [4.69, 9.17) is 16.3 Å². The standard InChI is InChI=1S/C21H19ClN2O2/c22-19-9-3-1-8-17(19)15-26-20-10-4-2-7-16(20)13-18(14-23)21(25)24-11-5-6-12-24/h1-4,7-10,13H,5-6,11-12,15H2/b18-13+. The lowest BCUT2D eigenvalue weighted by Gasteiger charge is -2.15. The molecule has 132 valence electrons. The second-order valence-electron chi connectivity index (χ2n) is 6.09. The average molecular weight is 367 g/mol. The molecule has 2 aromatic rings. The maximum Gasteiger partial charge on any atom is 0.264 e. The molecule has 1 aliphatic rings. The second kappa shape index (κ2) is 8.55. The summed E-state index contributed by atoms with van der Waals surface area (Å²) in [5.74, 6) is 0.389. The second-order valence-corrected chi connectivity index (χ2v) is 6.49. The van der Waals surface area contributed by atoms with Crippen LogP contribution in [0.3, 0.4) is 0 Å². The highest BCUT2D eigenvalue weighted by Gasteiger charge is 2.21. The third-order valence-corrected chi connectivity index (χ3v) is 4.67. The van der Waals surface area contributed by atoms with Gasteiger partial charge in [0.15, 0.2) is 0 Å². The molecule has 3 rings (SSSR count). The van der Waals surface area contributed by atoms with Crippen molar-refractivity contribution < 1.29 is 9.53 Å². The van der Waals surface area contributed by atoms with Crippen LogP contribution in [0, 0.1) is 11.3 Å². The number of benzene rings is 2. The summed E-state index contributed by atoms with van der Waals surface area (Å²) in [6.07, 6.45) is 3.58. The van der Waals surface area contributed by atoms with Gasteiger partial charge in [-0.05, 0) is 31.1 Å². The van der Waals surface area contributed by atoms with E-state index in [-0.39, 0.29) is 11.5 Å². The number of rotatable bonds is 5. The van der Waals surface area contributed by atoms with Crippen molar-refractivity contribution >= 4 is 23.6 Å². The van der Waals surface area contributed by atoms with Gasteiger partial charge in [-0.25, -0.2) is 0 Å². The molecular formula is C21H19ClN2O2. The van der Waals surface area contributed by atoms with Crippen molar-refractivity contribution in [3.05, 3.63) is 70.3 Å². The predicted octanol–water partition coefficient (Wildman–Crippen LogP) is 4.45. The third-order valence-electron chi connectivity index (χ3n) is 4.30. The van der Waals surface area contributed by atoms with E-state index in [2.05, 4.69) is 0 Å². The highest BCUT2D eigenvalue weighted by molar-refractivity contribution is 6.31. The van der Waals surface area contributed by atoms with Gasteiger partial charge in [-0.1, -0.05) is 48.0 Å². The molecule has 1 saturated heterocycles.